The molecule has 9 atom stereocenters. The van der Waals surface area contributed by atoms with Crippen LogP contribution in [0.4, 0.5) is 0 Å². The average Bonchev–Trinajstić information content (AvgIpc) is 3.22. The van der Waals surface area contributed by atoms with Gasteiger partial charge in [0.2, 0.25) is 0 Å². The second kappa shape index (κ2) is 26.6. The summed E-state index contributed by atoms with van der Waals surface area (Å²) < 4.78 is 22.8. The molecule has 7 unspecified atom stereocenters. The van der Waals surface area contributed by atoms with Crippen molar-refractivity contribution in [1.29, 1.82) is 0 Å². The average molecular weight is 1010 g/mol. The second-order valence-corrected chi connectivity index (χ2v) is 26.1. The van der Waals surface area contributed by atoms with E-state index in [1.807, 2.05) is 20.8 Å². The molecule has 3 rings (SSSR count). The number of hydrogen-bond donors (Lipinski definition) is 1. The van der Waals surface area contributed by atoms with Crippen molar-refractivity contribution in [1.82, 2.24) is 0 Å². The van der Waals surface area contributed by atoms with Crippen LogP contribution in [0.2, 0.25) is 0 Å². The highest BCUT2D eigenvalue weighted by atomic mass is 32.2. The lowest BCUT2D eigenvalue weighted by atomic mass is 9.65. The van der Waals surface area contributed by atoms with Gasteiger partial charge in [0, 0.05) is 52.8 Å². The standard InChI is InChI=1S/C52H80O11S4/c1-33-16-13-19-49(7,8)46(33)39(53)22-36(4)65-26-43(57)61-30-52(29-60-42(56)25-64,31-62-44(58)27-66-37(5)23-40(54)47-34(2)17-14-20-50(47,9)10)32-63-45(59)28-67-38(6)24-41(55)48-35(3)18-15-21-51(48,11)12/h13-18,33-38,46-48,64H,19-32H2,1-12H3/t33?,34?,35?,36-,37?,38?,46-,47?,48?,52?/m0/s1. The number of rotatable bonds is 27. The number of carbonyl (C=O) groups is 7. The van der Waals surface area contributed by atoms with Gasteiger partial charge in [0.25, 0.3) is 0 Å². The van der Waals surface area contributed by atoms with Gasteiger partial charge < -0.3 is 18.9 Å². The van der Waals surface area contributed by atoms with E-state index < -0.39 is 55.7 Å². The smallest absolute Gasteiger partial charge is 0.315 e. The molecule has 378 valence electrons. The first-order valence-corrected chi connectivity index (χ1v) is 27.7. The van der Waals surface area contributed by atoms with Crippen LogP contribution in [0.15, 0.2) is 36.5 Å². The Morgan fingerprint density at radius 2 is 0.761 bits per heavy atom. The van der Waals surface area contributed by atoms with Crippen LogP contribution in [-0.2, 0) is 52.5 Å². The third-order valence-corrected chi connectivity index (χ3v) is 17.3. The molecule has 3 aliphatic rings. The highest BCUT2D eigenvalue weighted by molar-refractivity contribution is 8.01. The fraction of sp³-hybridized carbons (Fsp3) is 0.750. The number of thiol groups is 1. The Bertz CT molecular complexity index is 1630. The molecule has 11 nitrogen and oxygen atoms in total. The predicted molar refractivity (Wildman–Crippen MR) is 275 cm³/mol. The summed E-state index contributed by atoms with van der Waals surface area (Å²) in [6.45, 7) is 22.8. The highest BCUT2D eigenvalue weighted by Crippen LogP contribution is 2.44. The molecule has 0 bridgehead atoms. The Morgan fingerprint density at radius 1 is 0.507 bits per heavy atom. The van der Waals surface area contributed by atoms with Gasteiger partial charge in [0.05, 0.1) is 23.0 Å². The van der Waals surface area contributed by atoms with Gasteiger partial charge in [-0.05, 0) is 53.3 Å². The lowest BCUT2D eigenvalue weighted by molar-refractivity contribution is -0.167. The molecule has 0 aromatic carbocycles. The Hall–Kier alpha value is -2.49. The van der Waals surface area contributed by atoms with Crippen LogP contribution < -0.4 is 0 Å². The number of carbonyl (C=O) groups excluding carboxylic acids is 7. The first-order chi connectivity index (χ1) is 31.2. The summed E-state index contributed by atoms with van der Waals surface area (Å²) in [4.78, 5) is 92.9. The summed E-state index contributed by atoms with van der Waals surface area (Å²) in [6.07, 6.45) is 16.0. The van der Waals surface area contributed by atoms with Crippen molar-refractivity contribution in [2.75, 3.05) is 49.4 Å². The van der Waals surface area contributed by atoms with Crippen molar-refractivity contribution < 1.29 is 52.5 Å². The van der Waals surface area contributed by atoms with Gasteiger partial charge in [0.15, 0.2) is 0 Å². The largest absolute Gasteiger partial charge is 0.464 e. The van der Waals surface area contributed by atoms with E-state index in [2.05, 4.69) is 111 Å². The van der Waals surface area contributed by atoms with E-state index in [0.717, 1.165) is 19.3 Å². The summed E-state index contributed by atoms with van der Waals surface area (Å²) in [7, 11) is 0. The van der Waals surface area contributed by atoms with Crippen LogP contribution in [0.25, 0.3) is 0 Å². The summed E-state index contributed by atoms with van der Waals surface area (Å²) in [6, 6.07) is 0. The van der Waals surface area contributed by atoms with E-state index in [1.54, 1.807) is 0 Å². The minimum Gasteiger partial charge on any atom is -0.464 e. The van der Waals surface area contributed by atoms with E-state index in [-0.39, 0.29) is 108 Å². The predicted octanol–water partition coefficient (Wildman–Crippen LogP) is 10.0. The molecule has 0 saturated carbocycles. The van der Waals surface area contributed by atoms with Gasteiger partial charge in [0.1, 0.15) is 49.2 Å². The molecule has 0 amide bonds. The Balaban J connectivity index is 1.70. The maximum absolute atomic E-state index is 13.5. The topological polar surface area (TPSA) is 156 Å². The molecule has 0 aliphatic heterocycles. The zero-order chi connectivity index (χ0) is 50.3. The lowest BCUT2D eigenvalue weighted by Gasteiger charge is -2.39. The van der Waals surface area contributed by atoms with Crippen LogP contribution in [0.1, 0.15) is 122 Å². The third kappa shape index (κ3) is 18.6. The van der Waals surface area contributed by atoms with E-state index in [0.29, 0.717) is 19.3 Å². The number of thioether (sulfide) groups is 3. The van der Waals surface area contributed by atoms with Crippen molar-refractivity contribution in [3.63, 3.8) is 0 Å². The SMILES string of the molecule is CC(CC(=O)C1C(C)C=CCC1(C)C)SCC(=O)OCC(COC(=O)CS)(COC(=O)CSC(C)CC(=O)C1C(C)C=CCC1(C)C)COC(=O)CS[C@@H](C)CC(=O)[C@@H]1C(C)C=CCC1(C)C. The first-order valence-electron chi connectivity index (χ1n) is 23.9. The second-order valence-electron chi connectivity index (χ2n) is 21.5. The monoisotopic (exact) mass is 1010 g/mol. The quantitative estimate of drug-likeness (QED) is 0.0359. The molecule has 67 heavy (non-hydrogen) atoms. The van der Waals surface area contributed by atoms with Crippen LogP contribution in [0.5, 0.6) is 0 Å². The fourth-order valence-corrected chi connectivity index (χ4v) is 12.6. The normalized spacial score (nSPS) is 26.0. The number of hydrogen-bond acceptors (Lipinski definition) is 15. The Morgan fingerprint density at radius 3 is 1.00 bits per heavy atom. The van der Waals surface area contributed by atoms with Crippen molar-refractivity contribution >= 4 is 89.1 Å². The van der Waals surface area contributed by atoms with Gasteiger partial charge in [-0.1, -0.05) is 120 Å². The van der Waals surface area contributed by atoms with Gasteiger partial charge in [-0.25, -0.2) is 0 Å². The van der Waals surface area contributed by atoms with E-state index >= 15 is 0 Å². The Labute approximate surface area is 419 Å². The minimum absolute atomic E-state index is 0.0786. The number of allylic oxidation sites excluding steroid dienone is 6. The lowest BCUT2D eigenvalue weighted by Crippen LogP contribution is -2.44. The molecule has 0 aromatic rings. The zero-order valence-electron chi connectivity index (χ0n) is 42.2. The first kappa shape index (κ1) is 58.8. The minimum atomic E-state index is -1.49. The van der Waals surface area contributed by atoms with Crippen molar-refractivity contribution in [2.24, 2.45) is 57.2 Å². The maximum Gasteiger partial charge on any atom is 0.315 e. The molecule has 0 fully saturated rings. The number of esters is 4. The third-order valence-electron chi connectivity index (χ3n) is 13.6. The summed E-state index contributed by atoms with van der Waals surface area (Å²) >= 11 is 7.91. The fourth-order valence-electron chi connectivity index (χ4n) is 10.2. The van der Waals surface area contributed by atoms with Gasteiger partial charge in [-0.3, -0.25) is 33.6 Å². The van der Waals surface area contributed by atoms with Gasteiger partial charge in [-0.15, -0.1) is 35.3 Å². The van der Waals surface area contributed by atoms with Gasteiger partial charge >= 0.3 is 23.9 Å². The number of ketones is 3. The number of Topliss-reactive ketones (excluding diaryl/α,β-unsaturated/α-hetero) is 3. The summed E-state index contributed by atoms with van der Waals surface area (Å²) in [5.41, 5.74) is -2.00. The molecule has 0 spiro atoms. The van der Waals surface area contributed by atoms with Crippen LogP contribution in [0.3, 0.4) is 0 Å². The molecule has 0 radical (unpaired) electrons. The molecular formula is C52H80O11S4. The Kier molecular flexibility index (Phi) is 23.4. The molecule has 0 aromatic heterocycles. The van der Waals surface area contributed by atoms with E-state index in [1.165, 1.54) is 35.3 Å². The van der Waals surface area contributed by atoms with Crippen LogP contribution in [0, 0.1) is 57.2 Å². The van der Waals surface area contributed by atoms with E-state index in [9.17, 15) is 33.6 Å². The summed E-state index contributed by atoms with van der Waals surface area (Å²) in [5, 5.41) is -0.525. The molecule has 3 aliphatic carbocycles. The molecule has 0 N–H and O–H groups in total. The molecule has 0 heterocycles. The maximum atomic E-state index is 13.5. The number of ether oxygens (including phenoxy) is 4. The highest BCUT2D eigenvalue weighted by Gasteiger charge is 2.43. The molecule has 15 heteroatoms. The van der Waals surface area contributed by atoms with E-state index in [4.69, 9.17) is 18.9 Å². The van der Waals surface area contributed by atoms with Crippen molar-refractivity contribution in [3.05, 3.63) is 36.5 Å². The van der Waals surface area contributed by atoms with Crippen molar-refractivity contribution in [2.45, 2.75) is 137 Å². The van der Waals surface area contributed by atoms with Gasteiger partial charge in [-0.2, -0.15) is 12.6 Å². The summed E-state index contributed by atoms with van der Waals surface area (Å²) in [5.74, 6) is -2.57. The van der Waals surface area contributed by atoms with Crippen molar-refractivity contribution in [3.8, 4) is 0 Å². The molecule has 0 saturated heterocycles. The molecular weight excluding hydrogens is 929 g/mol. The zero-order valence-corrected chi connectivity index (χ0v) is 45.6. The van der Waals surface area contributed by atoms with Crippen LogP contribution in [-0.4, -0.2) is 106 Å². The van der Waals surface area contributed by atoms with Crippen LogP contribution >= 0.6 is 47.9 Å².